The lowest BCUT2D eigenvalue weighted by Crippen LogP contribution is -2.46. The summed E-state index contributed by atoms with van der Waals surface area (Å²) in [5.41, 5.74) is 7.07. The summed E-state index contributed by atoms with van der Waals surface area (Å²) in [5, 5.41) is 0. The summed E-state index contributed by atoms with van der Waals surface area (Å²) in [6.07, 6.45) is 5.15. The maximum atomic E-state index is 5.63. The van der Waals surface area contributed by atoms with E-state index in [0.717, 1.165) is 19.0 Å². The molecule has 1 unspecified atom stereocenters. The SMILES string of the molecule is C[C@@H]1CC(CCCN)C[C@H](C)N1Cc1ccccc1. The number of hydrogen-bond acceptors (Lipinski definition) is 2. The summed E-state index contributed by atoms with van der Waals surface area (Å²) in [5.74, 6) is 0.876. The summed E-state index contributed by atoms with van der Waals surface area (Å²) in [6.45, 7) is 6.70. The van der Waals surface area contributed by atoms with Gasteiger partial charge in [-0.15, -0.1) is 0 Å². The maximum Gasteiger partial charge on any atom is 0.0239 e. The molecule has 0 bridgehead atoms. The minimum Gasteiger partial charge on any atom is -0.330 e. The Hall–Kier alpha value is -0.860. The molecular formula is C17H28N2. The van der Waals surface area contributed by atoms with E-state index < -0.39 is 0 Å². The minimum atomic E-state index is 0.687. The van der Waals surface area contributed by atoms with E-state index in [1.165, 1.54) is 31.2 Å². The van der Waals surface area contributed by atoms with Gasteiger partial charge in [0.2, 0.25) is 0 Å². The Morgan fingerprint density at radius 1 is 1.11 bits per heavy atom. The predicted octanol–water partition coefficient (Wildman–Crippen LogP) is 3.41. The van der Waals surface area contributed by atoms with Crippen LogP contribution in [0, 0.1) is 5.92 Å². The topological polar surface area (TPSA) is 29.3 Å². The fraction of sp³-hybridized carbons (Fsp3) is 0.647. The van der Waals surface area contributed by atoms with Crippen molar-refractivity contribution in [3.63, 3.8) is 0 Å². The molecule has 0 aliphatic carbocycles. The molecular weight excluding hydrogens is 232 g/mol. The molecule has 1 heterocycles. The van der Waals surface area contributed by atoms with Gasteiger partial charge in [0.25, 0.3) is 0 Å². The first-order valence-electron chi connectivity index (χ1n) is 7.70. The van der Waals surface area contributed by atoms with Crippen LogP contribution in [0.3, 0.4) is 0 Å². The Morgan fingerprint density at radius 2 is 1.74 bits per heavy atom. The van der Waals surface area contributed by atoms with Crippen LogP contribution in [0.5, 0.6) is 0 Å². The highest BCUT2D eigenvalue weighted by Crippen LogP contribution is 2.31. The molecule has 1 aromatic rings. The van der Waals surface area contributed by atoms with E-state index >= 15 is 0 Å². The summed E-state index contributed by atoms with van der Waals surface area (Å²) in [4.78, 5) is 2.66. The first kappa shape index (κ1) is 14.5. The molecule has 0 saturated carbocycles. The molecule has 0 aromatic heterocycles. The molecule has 1 aliphatic heterocycles. The lowest BCUT2D eigenvalue weighted by atomic mass is 9.84. The van der Waals surface area contributed by atoms with Crippen LogP contribution in [0.4, 0.5) is 0 Å². The number of piperidine rings is 1. The van der Waals surface area contributed by atoms with Crippen molar-refractivity contribution >= 4 is 0 Å². The van der Waals surface area contributed by atoms with Crippen molar-refractivity contribution in [2.75, 3.05) is 6.54 Å². The number of nitrogens with zero attached hydrogens (tertiary/aromatic N) is 1. The molecule has 1 fully saturated rings. The molecule has 106 valence electrons. The highest BCUT2D eigenvalue weighted by atomic mass is 15.2. The van der Waals surface area contributed by atoms with E-state index in [-0.39, 0.29) is 0 Å². The van der Waals surface area contributed by atoms with Crippen molar-refractivity contribution in [3.8, 4) is 0 Å². The fourth-order valence-corrected chi connectivity index (χ4v) is 3.51. The zero-order chi connectivity index (χ0) is 13.7. The van der Waals surface area contributed by atoms with Gasteiger partial charge >= 0.3 is 0 Å². The van der Waals surface area contributed by atoms with Crippen LogP contribution in [0.15, 0.2) is 30.3 Å². The van der Waals surface area contributed by atoms with Gasteiger partial charge in [-0.2, -0.15) is 0 Å². The second-order valence-corrected chi connectivity index (χ2v) is 6.12. The van der Waals surface area contributed by atoms with Gasteiger partial charge < -0.3 is 5.73 Å². The Labute approximate surface area is 118 Å². The lowest BCUT2D eigenvalue weighted by molar-refractivity contribution is 0.0596. The molecule has 2 nitrogen and oxygen atoms in total. The minimum absolute atomic E-state index is 0.687. The van der Waals surface area contributed by atoms with E-state index in [0.29, 0.717) is 12.1 Å². The van der Waals surface area contributed by atoms with Gasteiger partial charge in [0, 0.05) is 18.6 Å². The third-order valence-electron chi connectivity index (χ3n) is 4.51. The molecule has 0 spiro atoms. The van der Waals surface area contributed by atoms with Crippen molar-refractivity contribution < 1.29 is 0 Å². The summed E-state index contributed by atoms with van der Waals surface area (Å²) in [6, 6.07) is 12.2. The summed E-state index contributed by atoms with van der Waals surface area (Å²) >= 11 is 0. The normalized spacial score (nSPS) is 28.5. The zero-order valence-corrected chi connectivity index (χ0v) is 12.4. The molecule has 0 amide bonds. The number of nitrogens with two attached hydrogens (primary N) is 1. The van der Waals surface area contributed by atoms with Crippen LogP contribution >= 0.6 is 0 Å². The van der Waals surface area contributed by atoms with Crippen LogP contribution in [-0.2, 0) is 6.54 Å². The first-order chi connectivity index (χ1) is 9.20. The van der Waals surface area contributed by atoms with Gasteiger partial charge in [-0.05, 0) is 57.6 Å². The number of rotatable bonds is 5. The second kappa shape index (κ2) is 7.06. The molecule has 1 aliphatic rings. The third-order valence-corrected chi connectivity index (χ3v) is 4.51. The Morgan fingerprint density at radius 3 is 2.32 bits per heavy atom. The predicted molar refractivity (Wildman–Crippen MR) is 81.9 cm³/mol. The van der Waals surface area contributed by atoms with Gasteiger partial charge in [0.05, 0.1) is 0 Å². The quantitative estimate of drug-likeness (QED) is 0.879. The van der Waals surface area contributed by atoms with Gasteiger partial charge in [0.1, 0.15) is 0 Å². The van der Waals surface area contributed by atoms with Crippen molar-refractivity contribution in [2.45, 2.75) is 58.2 Å². The van der Waals surface area contributed by atoms with Crippen LogP contribution in [0.1, 0.15) is 45.1 Å². The van der Waals surface area contributed by atoms with E-state index in [1.54, 1.807) is 0 Å². The maximum absolute atomic E-state index is 5.63. The Kier molecular flexibility index (Phi) is 5.41. The van der Waals surface area contributed by atoms with E-state index in [9.17, 15) is 0 Å². The summed E-state index contributed by atoms with van der Waals surface area (Å²) < 4.78 is 0. The average Bonchev–Trinajstić information content (AvgIpc) is 2.42. The van der Waals surface area contributed by atoms with Crippen molar-refractivity contribution in [2.24, 2.45) is 11.7 Å². The van der Waals surface area contributed by atoms with E-state index in [1.807, 2.05) is 0 Å². The van der Waals surface area contributed by atoms with Crippen LogP contribution in [0.2, 0.25) is 0 Å². The van der Waals surface area contributed by atoms with Gasteiger partial charge in [-0.1, -0.05) is 30.3 Å². The third kappa shape index (κ3) is 4.05. The zero-order valence-electron chi connectivity index (χ0n) is 12.4. The fourth-order valence-electron chi connectivity index (χ4n) is 3.51. The van der Waals surface area contributed by atoms with E-state index in [2.05, 4.69) is 49.1 Å². The largest absolute Gasteiger partial charge is 0.330 e. The van der Waals surface area contributed by atoms with Crippen LogP contribution in [-0.4, -0.2) is 23.5 Å². The smallest absolute Gasteiger partial charge is 0.0239 e. The highest BCUT2D eigenvalue weighted by molar-refractivity contribution is 5.15. The van der Waals surface area contributed by atoms with E-state index in [4.69, 9.17) is 5.73 Å². The van der Waals surface area contributed by atoms with Crippen molar-refractivity contribution in [1.29, 1.82) is 0 Å². The van der Waals surface area contributed by atoms with Crippen molar-refractivity contribution in [3.05, 3.63) is 35.9 Å². The monoisotopic (exact) mass is 260 g/mol. The highest BCUT2D eigenvalue weighted by Gasteiger charge is 2.30. The first-order valence-corrected chi connectivity index (χ1v) is 7.70. The number of likely N-dealkylation sites (tertiary alicyclic amines) is 1. The Bertz CT molecular complexity index is 351. The molecule has 2 rings (SSSR count). The Balaban J connectivity index is 1.92. The molecule has 19 heavy (non-hydrogen) atoms. The second-order valence-electron chi connectivity index (χ2n) is 6.12. The lowest BCUT2D eigenvalue weighted by Gasteiger charge is -2.43. The molecule has 1 aromatic carbocycles. The molecule has 1 saturated heterocycles. The molecule has 2 heteroatoms. The van der Waals surface area contributed by atoms with Crippen LogP contribution < -0.4 is 5.73 Å². The molecule has 2 N–H and O–H groups in total. The standard InChI is InChI=1S/C17H28N2/c1-14-11-17(9-6-10-18)12-15(2)19(14)13-16-7-4-3-5-8-16/h3-5,7-8,14-15,17H,6,9-13,18H2,1-2H3/t14-,15+,17?. The number of benzene rings is 1. The molecule has 0 radical (unpaired) electrons. The molecule has 3 atom stereocenters. The van der Waals surface area contributed by atoms with Gasteiger partial charge in [0.15, 0.2) is 0 Å². The summed E-state index contributed by atoms with van der Waals surface area (Å²) in [7, 11) is 0. The van der Waals surface area contributed by atoms with Crippen LogP contribution in [0.25, 0.3) is 0 Å². The van der Waals surface area contributed by atoms with Gasteiger partial charge in [-0.3, -0.25) is 4.90 Å². The average molecular weight is 260 g/mol. The number of hydrogen-bond donors (Lipinski definition) is 1. The van der Waals surface area contributed by atoms with Gasteiger partial charge in [-0.25, -0.2) is 0 Å². The van der Waals surface area contributed by atoms with Crippen molar-refractivity contribution in [1.82, 2.24) is 4.90 Å².